The van der Waals surface area contributed by atoms with Gasteiger partial charge in [0.25, 0.3) is 5.56 Å². The van der Waals surface area contributed by atoms with Gasteiger partial charge in [-0.3, -0.25) is 4.79 Å². The first-order chi connectivity index (χ1) is 6.83. The fourth-order valence-electron chi connectivity index (χ4n) is 1.92. The number of H-pyrrole nitrogens is 1. The summed E-state index contributed by atoms with van der Waals surface area (Å²) in [6, 6.07) is 0. The summed E-state index contributed by atoms with van der Waals surface area (Å²) in [6.07, 6.45) is 3.53. The lowest BCUT2D eigenvalue weighted by molar-refractivity contribution is 0.741. The zero-order valence-corrected chi connectivity index (χ0v) is 7.97. The van der Waals surface area contributed by atoms with E-state index in [0.717, 1.165) is 36.0 Å². The van der Waals surface area contributed by atoms with E-state index in [-0.39, 0.29) is 5.56 Å². The molecule has 0 amide bonds. The van der Waals surface area contributed by atoms with Gasteiger partial charge in [0.2, 0.25) is 0 Å². The first kappa shape index (κ1) is 8.17. The molecular formula is C10H13N3O. The van der Waals surface area contributed by atoms with Crippen LogP contribution in [0.25, 0.3) is 0 Å². The van der Waals surface area contributed by atoms with Gasteiger partial charge in [-0.15, -0.1) is 0 Å². The van der Waals surface area contributed by atoms with Crippen LogP contribution in [0.1, 0.15) is 29.9 Å². The third kappa shape index (κ3) is 1.35. The lowest BCUT2D eigenvalue weighted by Crippen LogP contribution is -2.17. The lowest BCUT2D eigenvalue weighted by atomic mass is 10.2. The van der Waals surface area contributed by atoms with Gasteiger partial charge < -0.3 is 10.3 Å². The highest BCUT2D eigenvalue weighted by atomic mass is 16.1. The smallest absolute Gasteiger partial charge is 0.255 e. The maximum atomic E-state index is 11.6. The standard InChI is InChI=1S/C10H13N3O/c14-10-7-4-11-5-8(7)12-9(13-10)3-6-1-2-6/h6,11H,1-5H2,(H,12,13,14). The van der Waals surface area contributed by atoms with Crippen molar-refractivity contribution in [2.45, 2.75) is 32.4 Å². The van der Waals surface area contributed by atoms with Gasteiger partial charge in [0, 0.05) is 19.5 Å². The van der Waals surface area contributed by atoms with Crippen molar-refractivity contribution in [1.82, 2.24) is 15.3 Å². The second kappa shape index (κ2) is 2.92. The van der Waals surface area contributed by atoms with Crippen molar-refractivity contribution in [2.24, 2.45) is 5.92 Å². The molecule has 4 heteroatoms. The molecule has 0 spiro atoms. The van der Waals surface area contributed by atoms with Crippen LogP contribution >= 0.6 is 0 Å². The molecule has 1 saturated carbocycles. The molecule has 0 saturated heterocycles. The van der Waals surface area contributed by atoms with Crippen molar-refractivity contribution >= 4 is 0 Å². The summed E-state index contributed by atoms with van der Waals surface area (Å²) in [5, 5.41) is 3.14. The number of aromatic nitrogens is 2. The first-order valence-corrected chi connectivity index (χ1v) is 5.14. The Bertz CT molecular complexity index is 420. The van der Waals surface area contributed by atoms with Crippen LogP contribution < -0.4 is 10.9 Å². The normalized spacial score (nSPS) is 19.7. The second-order valence-electron chi connectivity index (χ2n) is 4.19. The molecule has 0 aromatic carbocycles. The van der Waals surface area contributed by atoms with Gasteiger partial charge in [-0.2, -0.15) is 0 Å². The minimum atomic E-state index is 0.0515. The molecule has 0 radical (unpaired) electrons. The summed E-state index contributed by atoms with van der Waals surface area (Å²) in [6.45, 7) is 1.41. The van der Waals surface area contributed by atoms with E-state index in [1.165, 1.54) is 12.8 Å². The maximum Gasteiger partial charge on any atom is 0.255 e. The minimum absolute atomic E-state index is 0.0515. The van der Waals surface area contributed by atoms with Crippen LogP contribution in [0.3, 0.4) is 0 Å². The van der Waals surface area contributed by atoms with Gasteiger partial charge in [0.1, 0.15) is 5.82 Å². The predicted molar refractivity (Wildman–Crippen MR) is 51.8 cm³/mol. The maximum absolute atomic E-state index is 11.6. The van der Waals surface area contributed by atoms with Gasteiger partial charge in [-0.05, 0) is 18.8 Å². The molecule has 1 fully saturated rings. The van der Waals surface area contributed by atoms with E-state index in [2.05, 4.69) is 15.3 Å². The van der Waals surface area contributed by atoms with Crippen molar-refractivity contribution in [3.05, 3.63) is 27.4 Å². The van der Waals surface area contributed by atoms with Crippen LogP contribution in [0.4, 0.5) is 0 Å². The number of nitrogens with zero attached hydrogens (tertiary/aromatic N) is 1. The van der Waals surface area contributed by atoms with Crippen LogP contribution in [0.5, 0.6) is 0 Å². The van der Waals surface area contributed by atoms with E-state index < -0.39 is 0 Å². The summed E-state index contributed by atoms with van der Waals surface area (Å²) in [5.74, 6) is 1.64. The van der Waals surface area contributed by atoms with Gasteiger partial charge >= 0.3 is 0 Å². The van der Waals surface area contributed by atoms with Gasteiger partial charge in [0.05, 0.1) is 11.3 Å². The number of aromatic amines is 1. The van der Waals surface area contributed by atoms with Gasteiger partial charge in [-0.1, -0.05) is 0 Å². The number of nitrogens with one attached hydrogen (secondary N) is 2. The van der Waals surface area contributed by atoms with Crippen LogP contribution in [0, 0.1) is 5.92 Å². The highest BCUT2D eigenvalue weighted by molar-refractivity contribution is 5.21. The van der Waals surface area contributed by atoms with E-state index in [1.807, 2.05) is 0 Å². The Morgan fingerprint density at radius 3 is 3.00 bits per heavy atom. The Kier molecular flexibility index (Phi) is 1.70. The molecule has 1 aliphatic heterocycles. The average molecular weight is 191 g/mol. The van der Waals surface area contributed by atoms with Gasteiger partial charge in [0.15, 0.2) is 0 Å². The number of rotatable bonds is 2. The number of fused-ring (bicyclic) bond motifs is 1. The molecule has 0 bridgehead atoms. The molecule has 1 aromatic rings. The van der Waals surface area contributed by atoms with E-state index >= 15 is 0 Å². The van der Waals surface area contributed by atoms with Crippen LogP contribution in [-0.4, -0.2) is 9.97 Å². The third-order valence-electron chi connectivity index (χ3n) is 2.92. The number of hydrogen-bond donors (Lipinski definition) is 2. The van der Waals surface area contributed by atoms with Crippen molar-refractivity contribution in [3.63, 3.8) is 0 Å². The SMILES string of the molecule is O=c1[nH]c(CC2CC2)nc2c1CNC2. The molecular weight excluding hydrogens is 178 g/mol. The molecule has 4 nitrogen and oxygen atoms in total. The van der Waals surface area contributed by atoms with E-state index in [9.17, 15) is 4.79 Å². The summed E-state index contributed by atoms with van der Waals surface area (Å²) in [4.78, 5) is 18.9. The Morgan fingerprint density at radius 2 is 2.21 bits per heavy atom. The zero-order chi connectivity index (χ0) is 9.54. The monoisotopic (exact) mass is 191 g/mol. The quantitative estimate of drug-likeness (QED) is 0.708. The Balaban J connectivity index is 1.98. The van der Waals surface area contributed by atoms with Crippen molar-refractivity contribution in [1.29, 1.82) is 0 Å². The summed E-state index contributed by atoms with van der Waals surface area (Å²) >= 11 is 0. The summed E-state index contributed by atoms with van der Waals surface area (Å²) in [7, 11) is 0. The Morgan fingerprint density at radius 1 is 1.36 bits per heavy atom. The molecule has 1 aromatic heterocycles. The van der Waals surface area contributed by atoms with Crippen LogP contribution in [0.2, 0.25) is 0 Å². The van der Waals surface area contributed by atoms with E-state index in [1.54, 1.807) is 0 Å². The minimum Gasteiger partial charge on any atom is -0.310 e. The van der Waals surface area contributed by atoms with Crippen LogP contribution in [0.15, 0.2) is 4.79 Å². The fraction of sp³-hybridized carbons (Fsp3) is 0.600. The van der Waals surface area contributed by atoms with E-state index in [0.29, 0.717) is 6.54 Å². The summed E-state index contributed by atoms with van der Waals surface area (Å²) < 4.78 is 0. The molecule has 14 heavy (non-hydrogen) atoms. The summed E-state index contributed by atoms with van der Waals surface area (Å²) in [5.41, 5.74) is 1.82. The molecule has 3 rings (SSSR count). The average Bonchev–Trinajstić information content (AvgIpc) is 2.82. The molecule has 2 heterocycles. The number of hydrogen-bond acceptors (Lipinski definition) is 3. The molecule has 2 aliphatic rings. The molecule has 0 atom stereocenters. The molecule has 1 aliphatic carbocycles. The highest BCUT2D eigenvalue weighted by Crippen LogP contribution is 2.31. The first-order valence-electron chi connectivity index (χ1n) is 5.14. The Labute approximate surface area is 81.8 Å². The fourth-order valence-corrected chi connectivity index (χ4v) is 1.92. The molecule has 0 unspecified atom stereocenters. The second-order valence-corrected chi connectivity index (χ2v) is 4.19. The largest absolute Gasteiger partial charge is 0.310 e. The highest BCUT2D eigenvalue weighted by Gasteiger charge is 2.24. The van der Waals surface area contributed by atoms with Crippen molar-refractivity contribution in [3.8, 4) is 0 Å². The lowest BCUT2D eigenvalue weighted by Gasteiger charge is -2.01. The zero-order valence-electron chi connectivity index (χ0n) is 7.97. The van der Waals surface area contributed by atoms with Crippen molar-refractivity contribution in [2.75, 3.05) is 0 Å². The third-order valence-corrected chi connectivity index (χ3v) is 2.92. The van der Waals surface area contributed by atoms with Crippen molar-refractivity contribution < 1.29 is 0 Å². The Hall–Kier alpha value is -1.16. The van der Waals surface area contributed by atoms with Gasteiger partial charge in [-0.25, -0.2) is 4.98 Å². The molecule has 74 valence electrons. The topological polar surface area (TPSA) is 57.8 Å². The van der Waals surface area contributed by atoms with E-state index in [4.69, 9.17) is 0 Å². The predicted octanol–water partition coefficient (Wildman–Crippen LogP) is 0.326. The molecule has 2 N–H and O–H groups in total. The van der Waals surface area contributed by atoms with Crippen LogP contribution in [-0.2, 0) is 19.5 Å².